The Balaban J connectivity index is 1.95. The Morgan fingerprint density at radius 2 is 2.05 bits per heavy atom. The van der Waals surface area contributed by atoms with E-state index < -0.39 is 0 Å². The molecule has 9 heteroatoms. The Labute approximate surface area is 133 Å². The summed E-state index contributed by atoms with van der Waals surface area (Å²) in [6.45, 7) is 2.00. The van der Waals surface area contributed by atoms with E-state index in [4.69, 9.17) is 11.6 Å². The summed E-state index contributed by atoms with van der Waals surface area (Å²) in [5.41, 5.74) is 1.94. The van der Waals surface area contributed by atoms with E-state index in [1.807, 2.05) is 25.1 Å². The van der Waals surface area contributed by atoms with Crippen LogP contribution in [0.25, 0.3) is 5.95 Å². The van der Waals surface area contributed by atoms with Crippen LogP contribution in [0.4, 0.5) is 11.6 Å². The molecule has 3 aromatic rings. The zero-order valence-corrected chi connectivity index (χ0v) is 13.2. The lowest BCUT2D eigenvalue weighted by Gasteiger charge is -2.08. The van der Waals surface area contributed by atoms with Crippen molar-refractivity contribution in [1.29, 1.82) is 0 Å². The minimum absolute atomic E-state index is 0.0738. The second-order valence-electron chi connectivity index (χ2n) is 4.21. The van der Waals surface area contributed by atoms with Gasteiger partial charge in [-0.2, -0.15) is 24.7 Å². The maximum Gasteiger partial charge on any atom is 0.258 e. The van der Waals surface area contributed by atoms with Gasteiger partial charge in [0.05, 0.1) is 0 Å². The first-order valence-electron chi connectivity index (χ1n) is 5.91. The van der Waals surface area contributed by atoms with Crippen molar-refractivity contribution in [2.45, 2.75) is 6.92 Å². The number of halogens is 2. The van der Waals surface area contributed by atoms with Gasteiger partial charge in [-0.15, -0.1) is 0 Å². The van der Waals surface area contributed by atoms with Gasteiger partial charge < -0.3 is 5.32 Å². The minimum Gasteiger partial charge on any atom is -0.324 e. The molecule has 0 atom stereocenters. The Morgan fingerprint density at radius 1 is 1.19 bits per heavy atom. The second kappa shape index (κ2) is 5.74. The number of nitrogens with zero attached hydrogens (tertiary/aromatic N) is 6. The molecule has 21 heavy (non-hydrogen) atoms. The lowest BCUT2D eigenvalue weighted by molar-refractivity contribution is 0.796. The van der Waals surface area contributed by atoms with Gasteiger partial charge in [-0.1, -0.05) is 15.9 Å². The van der Waals surface area contributed by atoms with E-state index in [1.165, 1.54) is 17.3 Å². The SMILES string of the molecule is Cc1cc(Br)cc(Nc2nc(Cl)nc(-n3cncn3)n2)c1. The smallest absolute Gasteiger partial charge is 0.258 e. The highest BCUT2D eigenvalue weighted by Gasteiger charge is 2.08. The van der Waals surface area contributed by atoms with Crippen molar-refractivity contribution in [2.75, 3.05) is 5.32 Å². The molecule has 2 aromatic heterocycles. The maximum atomic E-state index is 5.92. The van der Waals surface area contributed by atoms with Crippen LogP contribution in [0.15, 0.2) is 35.3 Å². The number of hydrogen-bond donors (Lipinski definition) is 1. The van der Waals surface area contributed by atoms with Crippen LogP contribution in [0.5, 0.6) is 0 Å². The molecule has 0 spiro atoms. The molecule has 7 nitrogen and oxygen atoms in total. The number of aromatic nitrogens is 6. The lowest BCUT2D eigenvalue weighted by atomic mass is 10.2. The Bertz CT molecular complexity index is 755. The molecule has 0 bridgehead atoms. The number of anilines is 2. The predicted octanol–water partition coefficient (Wildman–Crippen LogP) is 2.92. The van der Waals surface area contributed by atoms with Crippen molar-refractivity contribution in [3.63, 3.8) is 0 Å². The third kappa shape index (κ3) is 3.34. The number of nitrogens with one attached hydrogen (secondary N) is 1. The van der Waals surface area contributed by atoms with Gasteiger partial charge in [0.2, 0.25) is 11.2 Å². The first kappa shape index (κ1) is 13.9. The van der Waals surface area contributed by atoms with Crippen molar-refractivity contribution in [3.05, 3.63) is 46.2 Å². The molecule has 0 aliphatic rings. The van der Waals surface area contributed by atoms with Gasteiger partial charge in [0.25, 0.3) is 5.95 Å². The summed E-state index contributed by atoms with van der Waals surface area (Å²) in [4.78, 5) is 16.2. The molecule has 0 fully saturated rings. The first-order valence-corrected chi connectivity index (χ1v) is 7.08. The van der Waals surface area contributed by atoms with E-state index in [2.05, 4.69) is 46.3 Å². The van der Waals surface area contributed by atoms with Gasteiger partial charge in [0.15, 0.2) is 0 Å². The summed E-state index contributed by atoms with van der Waals surface area (Å²) < 4.78 is 2.37. The van der Waals surface area contributed by atoms with Gasteiger partial charge in [0.1, 0.15) is 12.7 Å². The van der Waals surface area contributed by atoms with Crippen LogP contribution < -0.4 is 5.32 Å². The molecule has 0 aliphatic carbocycles. The molecule has 2 heterocycles. The molecule has 0 saturated heterocycles. The van der Waals surface area contributed by atoms with E-state index in [9.17, 15) is 0 Å². The summed E-state index contributed by atoms with van der Waals surface area (Å²) in [5.74, 6) is 0.625. The molecule has 3 rings (SSSR count). The van der Waals surface area contributed by atoms with Crippen LogP contribution in [0, 0.1) is 6.92 Å². The highest BCUT2D eigenvalue weighted by Crippen LogP contribution is 2.21. The van der Waals surface area contributed by atoms with E-state index in [0.29, 0.717) is 11.9 Å². The normalized spacial score (nSPS) is 10.6. The van der Waals surface area contributed by atoms with Crippen LogP contribution >= 0.6 is 27.5 Å². The van der Waals surface area contributed by atoms with E-state index >= 15 is 0 Å². The van der Waals surface area contributed by atoms with Crippen molar-refractivity contribution in [3.8, 4) is 5.95 Å². The average Bonchev–Trinajstić information content (AvgIpc) is 2.90. The van der Waals surface area contributed by atoms with Gasteiger partial charge in [-0.25, -0.2) is 4.98 Å². The third-order valence-electron chi connectivity index (χ3n) is 2.52. The largest absolute Gasteiger partial charge is 0.324 e. The van der Waals surface area contributed by atoms with Gasteiger partial charge in [-0.3, -0.25) is 0 Å². The molecule has 0 saturated carbocycles. The Morgan fingerprint density at radius 3 is 2.76 bits per heavy atom. The topological polar surface area (TPSA) is 81.4 Å². The summed E-state index contributed by atoms with van der Waals surface area (Å²) >= 11 is 9.37. The molecule has 1 N–H and O–H groups in total. The van der Waals surface area contributed by atoms with Gasteiger partial charge in [-0.05, 0) is 42.3 Å². The lowest BCUT2D eigenvalue weighted by Crippen LogP contribution is -2.07. The highest BCUT2D eigenvalue weighted by molar-refractivity contribution is 9.10. The van der Waals surface area contributed by atoms with Crippen LogP contribution in [0.1, 0.15) is 5.56 Å². The van der Waals surface area contributed by atoms with Crippen molar-refractivity contribution in [2.24, 2.45) is 0 Å². The van der Waals surface area contributed by atoms with Crippen LogP contribution in [-0.2, 0) is 0 Å². The number of benzene rings is 1. The van der Waals surface area contributed by atoms with E-state index in [-0.39, 0.29) is 5.28 Å². The molecule has 0 radical (unpaired) electrons. The molecule has 0 aliphatic heterocycles. The van der Waals surface area contributed by atoms with E-state index in [1.54, 1.807) is 0 Å². The van der Waals surface area contributed by atoms with Crippen LogP contribution in [-0.4, -0.2) is 29.7 Å². The molecule has 1 aromatic carbocycles. The summed E-state index contributed by atoms with van der Waals surface area (Å²) in [6.07, 6.45) is 2.88. The van der Waals surface area contributed by atoms with E-state index in [0.717, 1.165) is 15.7 Å². The van der Waals surface area contributed by atoms with Crippen molar-refractivity contribution >= 4 is 39.2 Å². The number of hydrogen-bond acceptors (Lipinski definition) is 6. The summed E-state index contributed by atoms with van der Waals surface area (Å²) in [6, 6.07) is 5.89. The fourth-order valence-electron chi connectivity index (χ4n) is 1.75. The van der Waals surface area contributed by atoms with Gasteiger partial charge in [0, 0.05) is 10.2 Å². The summed E-state index contributed by atoms with van der Waals surface area (Å²) in [7, 11) is 0. The highest BCUT2D eigenvalue weighted by atomic mass is 79.9. The summed E-state index contributed by atoms with van der Waals surface area (Å²) in [5, 5.41) is 7.13. The zero-order valence-electron chi connectivity index (χ0n) is 10.8. The third-order valence-corrected chi connectivity index (χ3v) is 3.15. The monoisotopic (exact) mass is 365 g/mol. The first-order chi connectivity index (χ1) is 10.1. The average molecular weight is 367 g/mol. The van der Waals surface area contributed by atoms with Gasteiger partial charge >= 0.3 is 0 Å². The zero-order chi connectivity index (χ0) is 14.8. The second-order valence-corrected chi connectivity index (χ2v) is 5.46. The Hall–Kier alpha value is -2.06. The molecule has 0 amide bonds. The fourth-order valence-corrected chi connectivity index (χ4v) is 2.51. The number of aryl methyl sites for hydroxylation is 1. The fraction of sp³-hybridized carbons (Fsp3) is 0.0833. The molecule has 106 valence electrons. The van der Waals surface area contributed by atoms with Crippen LogP contribution in [0.2, 0.25) is 5.28 Å². The standard InChI is InChI=1S/C12H9BrClN7/c1-7-2-8(13)4-9(3-7)17-11-18-10(14)19-12(20-11)21-6-15-5-16-21/h2-6H,1H3,(H,17,18,19,20). The molecular weight excluding hydrogens is 358 g/mol. The van der Waals surface area contributed by atoms with Crippen molar-refractivity contribution < 1.29 is 0 Å². The molecule has 0 unspecified atom stereocenters. The van der Waals surface area contributed by atoms with Crippen molar-refractivity contribution in [1.82, 2.24) is 29.7 Å². The number of rotatable bonds is 3. The minimum atomic E-state index is 0.0738. The molecular formula is C12H9BrClN7. The van der Waals surface area contributed by atoms with Crippen LogP contribution in [0.3, 0.4) is 0 Å². The maximum absolute atomic E-state index is 5.92. The predicted molar refractivity (Wildman–Crippen MR) is 81.9 cm³/mol. The Kier molecular flexibility index (Phi) is 3.80. The quantitative estimate of drug-likeness (QED) is 0.767.